The Morgan fingerprint density at radius 2 is 1.83 bits per heavy atom. The number of hydrogen-bond donors (Lipinski definition) is 2. The summed E-state index contributed by atoms with van der Waals surface area (Å²) in [5.74, 6) is 2.00. The number of thioether (sulfide) groups is 1. The Hall–Kier alpha value is -3.33. The van der Waals surface area contributed by atoms with E-state index in [-0.39, 0.29) is 30.2 Å². The van der Waals surface area contributed by atoms with E-state index in [4.69, 9.17) is 44.3 Å². The highest BCUT2D eigenvalue weighted by Gasteiger charge is 2.54. The molecular weight excluding hydrogens is 631 g/mol. The number of nitrogens with one attached hydrogen (secondary N) is 1. The van der Waals surface area contributed by atoms with Crippen molar-refractivity contribution >= 4 is 75.7 Å². The Morgan fingerprint density at radius 1 is 1.07 bits per heavy atom. The monoisotopic (exact) mass is 648 g/mol. The minimum Gasteiger partial charge on any atom is -0.477 e. The van der Waals surface area contributed by atoms with Crippen LogP contribution < -0.4 is 14.8 Å². The van der Waals surface area contributed by atoms with Crippen molar-refractivity contribution in [2.24, 2.45) is 0 Å². The number of benzene rings is 2. The summed E-state index contributed by atoms with van der Waals surface area (Å²) in [5.41, 5.74) is 0.336. The van der Waals surface area contributed by atoms with Crippen LogP contribution in [-0.2, 0) is 20.8 Å². The number of aliphatic carboxylic acids is 1. The van der Waals surface area contributed by atoms with Crippen molar-refractivity contribution in [1.82, 2.24) is 10.2 Å². The highest BCUT2D eigenvalue weighted by molar-refractivity contribution is 8.00. The smallest absolute Gasteiger partial charge is 0.352 e. The van der Waals surface area contributed by atoms with Gasteiger partial charge in [0.15, 0.2) is 11.5 Å². The van der Waals surface area contributed by atoms with Crippen LogP contribution in [0.3, 0.4) is 0 Å². The van der Waals surface area contributed by atoms with Gasteiger partial charge < -0.3 is 19.9 Å². The van der Waals surface area contributed by atoms with Crippen LogP contribution in [0.5, 0.6) is 17.2 Å². The van der Waals surface area contributed by atoms with Gasteiger partial charge in [-0.2, -0.15) is 0 Å². The molecule has 1 fully saturated rings. The third kappa shape index (κ3) is 6.61. The summed E-state index contributed by atoms with van der Waals surface area (Å²) in [6.07, 6.45) is 2.76. The van der Waals surface area contributed by atoms with Crippen LogP contribution in [-0.4, -0.2) is 45.0 Å². The van der Waals surface area contributed by atoms with Crippen molar-refractivity contribution in [1.29, 1.82) is 0 Å². The first-order chi connectivity index (χ1) is 19.7. The fraction of sp³-hybridized carbons (Fsp3) is 0.179. The first-order valence-electron chi connectivity index (χ1n) is 12.0. The van der Waals surface area contributed by atoms with Crippen LogP contribution in [0, 0.1) is 12.0 Å². The highest BCUT2D eigenvalue weighted by atomic mass is 35.5. The first-order valence-corrected chi connectivity index (χ1v) is 15.1. The lowest BCUT2D eigenvalue weighted by molar-refractivity contribution is -0.150. The average molecular weight is 650 g/mol. The Balaban J connectivity index is 1.26. The number of carbonyl (C=O) groups excluding carboxylic acids is 2. The zero-order valence-corrected chi connectivity index (χ0v) is 24.8. The topological polar surface area (TPSA) is 105 Å². The van der Waals surface area contributed by atoms with Gasteiger partial charge in [-0.05, 0) is 47.4 Å². The number of thiophene rings is 1. The van der Waals surface area contributed by atoms with E-state index in [1.807, 2.05) is 17.5 Å². The largest absolute Gasteiger partial charge is 0.477 e. The molecule has 1 aromatic heterocycles. The number of carbonyl (C=O) groups is 3. The predicted molar refractivity (Wildman–Crippen MR) is 159 cm³/mol. The maximum absolute atomic E-state index is 12.9. The van der Waals surface area contributed by atoms with Crippen LogP contribution in [0.25, 0.3) is 0 Å². The normalized spacial score (nSPS) is 17.6. The molecule has 8 nitrogen and oxygen atoms in total. The summed E-state index contributed by atoms with van der Waals surface area (Å²) in [5, 5.41) is 15.1. The minimum absolute atomic E-state index is 0.0420. The Labute approximate surface area is 258 Å². The van der Waals surface area contributed by atoms with Gasteiger partial charge in [0.05, 0.1) is 11.4 Å². The lowest BCUT2D eigenvalue weighted by Crippen LogP contribution is -2.70. The molecule has 2 amide bonds. The molecule has 5 rings (SSSR count). The Kier molecular flexibility index (Phi) is 9.02. The van der Waals surface area contributed by atoms with Gasteiger partial charge in [0, 0.05) is 33.2 Å². The third-order valence-electron chi connectivity index (χ3n) is 6.04. The van der Waals surface area contributed by atoms with E-state index >= 15 is 0 Å². The van der Waals surface area contributed by atoms with Crippen molar-refractivity contribution in [2.75, 3.05) is 5.75 Å². The molecular formula is C28H19Cl3N2O6S2. The molecule has 0 aliphatic carbocycles. The van der Waals surface area contributed by atoms with Crippen molar-refractivity contribution in [3.8, 4) is 29.3 Å². The summed E-state index contributed by atoms with van der Waals surface area (Å²) in [4.78, 5) is 39.5. The second kappa shape index (κ2) is 12.7. The highest BCUT2D eigenvalue weighted by Crippen LogP contribution is 2.41. The maximum Gasteiger partial charge on any atom is 0.352 e. The molecule has 1 saturated heterocycles. The molecule has 3 heterocycles. The molecule has 2 N–H and O–H groups in total. The van der Waals surface area contributed by atoms with Gasteiger partial charge in [-0.3, -0.25) is 14.5 Å². The molecule has 3 aromatic rings. The van der Waals surface area contributed by atoms with Gasteiger partial charge in [-0.15, -0.1) is 23.1 Å². The SMILES string of the molecule is O=C(Cc1cccs1)NC1C(=O)N2C(C(=O)O)=C(CC#COc3cc(Cl)ccc3Oc3ccc(Cl)cc3Cl)CS[C@@H]12. The van der Waals surface area contributed by atoms with Crippen molar-refractivity contribution in [2.45, 2.75) is 24.3 Å². The number of halogens is 3. The molecule has 13 heteroatoms. The van der Waals surface area contributed by atoms with Crippen molar-refractivity contribution < 1.29 is 29.0 Å². The molecule has 2 aromatic carbocycles. The Bertz CT molecular complexity index is 1620. The van der Waals surface area contributed by atoms with Crippen LogP contribution in [0.1, 0.15) is 11.3 Å². The van der Waals surface area contributed by atoms with Gasteiger partial charge >= 0.3 is 5.97 Å². The summed E-state index contributed by atoms with van der Waals surface area (Å²) in [6.45, 7) is 0. The zero-order chi connectivity index (χ0) is 29.1. The number of rotatable bonds is 8. The lowest BCUT2D eigenvalue weighted by atomic mass is 10.0. The molecule has 1 unspecified atom stereocenters. The van der Waals surface area contributed by atoms with Gasteiger partial charge in [-0.1, -0.05) is 46.8 Å². The Morgan fingerprint density at radius 3 is 2.54 bits per heavy atom. The molecule has 210 valence electrons. The van der Waals surface area contributed by atoms with E-state index in [1.54, 1.807) is 30.3 Å². The van der Waals surface area contributed by atoms with Gasteiger partial charge in [0.25, 0.3) is 5.91 Å². The number of amides is 2. The van der Waals surface area contributed by atoms with Crippen LogP contribution in [0.4, 0.5) is 0 Å². The minimum atomic E-state index is -1.24. The number of hydrogen-bond acceptors (Lipinski definition) is 7. The second-order valence-corrected chi connectivity index (χ2v) is 12.2. The van der Waals surface area contributed by atoms with E-state index in [9.17, 15) is 19.5 Å². The number of carboxylic acids is 1. The third-order valence-corrected chi connectivity index (χ3v) is 9.02. The maximum atomic E-state index is 12.9. The fourth-order valence-electron chi connectivity index (χ4n) is 4.17. The molecule has 0 spiro atoms. The van der Waals surface area contributed by atoms with E-state index in [1.165, 1.54) is 34.1 Å². The number of carboxylic acid groups (broad SMARTS) is 1. The van der Waals surface area contributed by atoms with Crippen molar-refractivity contribution in [3.05, 3.63) is 85.1 Å². The number of nitrogens with zero attached hydrogens (tertiary/aromatic N) is 1. The molecule has 0 bridgehead atoms. The molecule has 41 heavy (non-hydrogen) atoms. The summed E-state index contributed by atoms with van der Waals surface area (Å²) in [7, 11) is 0. The number of β-lactam (4-membered cyclic amide) rings is 1. The quantitative estimate of drug-likeness (QED) is 0.221. The first kappa shape index (κ1) is 29.2. The van der Waals surface area contributed by atoms with Crippen LogP contribution in [0.15, 0.2) is 65.2 Å². The van der Waals surface area contributed by atoms with E-state index < -0.39 is 23.3 Å². The predicted octanol–water partition coefficient (Wildman–Crippen LogP) is 6.21. The molecule has 2 aliphatic heterocycles. The van der Waals surface area contributed by atoms with Crippen molar-refractivity contribution in [3.63, 3.8) is 0 Å². The van der Waals surface area contributed by atoms with Crippen LogP contribution in [0.2, 0.25) is 15.1 Å². The number of ether oxygens (including phenoxy) is 2. The molecule has 2 aliphatic rings. The average Bonchev–Trinajstić information content (AvgIpc) is 3.44. The lowest BCUT2D eigenvalue weighted by Gasteiger charge is -2.49. The van der Waals surface area contributed by atoms with Crippen LogP contribution >= 0.6 is 57.9 Å². The molecule has 0 radical (unpaired) electrons. The van der Waals surface area contributed by atoms with E-state index in [0.29, 0.717) is 37.9 Å². The van der Waals surface area contributed by atoms with Gasteiger partial charge in [-0.25, -0.2) is 4.79 Å². The second-order valence-electron chi connectivity index (χ2n) is 8.79. The summed E-state index contributed by atoms with van der Waals surface area (Å²) in [6, 6.07) is 12.4. The summed E-state index contributed by atoms with van der Waals surface area (Å²) < 4.78 is 11.4. The van der Waals surface area contributed by atoms with E-state index in [0.717, 1.165) is 4.88 Å². The van der Waals surface area contributed by atoms with Gasteiger partial charge in [0.2, 0.25) is 5.91 Å². The molecule has 2 atom stereocenters. The fourth-order valence-corrected chi connectivity index (χ4v) is 6.83. The molecule has 0 saturated carbocycles. The standard InChI is InChI=1S/C28H19Cl3N2O6S2/c29-16-5-7-20(19(31)11-16)39-21-8-6-17(30)12-22(21)38-9-1-3-15-14-41-27-24(26(35)33(27)25(15)28(36)37)32-23(34)13-18-4-2-10-40-18/h2,4-8,10-12,24,27H,3,13-14H2,(H,32,34)(H,36,37)/t24?,27-/m0/s1. The zero-order valence-electron chi connectivity index (χ0n) is 20.9. The van der Waals surface area contributed by atoms with Gasteiger partial charge in [0.1, 0.15) is 29.0 Å². The number of fused-ring (bicyclic) bond motifs is 1. The van der Waals surface area contributed by atoms with E-state index in [2.05, 4.69) is 17.3 Å². The summed E-state index contributed by atoms with van der Waals surface area (Å²) >= 11 is 21.1.